The van der Waals surface area contributed by atoms with Crippen LogP contribution in [0.25, 0.3) is 0 Å². The molecule has 0 aliphatic heterocycles. The molecule has 0 bridgehead atoms. The molecule has 0 radical (unpaired) electrons. The van der Waals surface area contributed by atoms with Gasteiger partial charge in [0.1, 0.15) is 0 Å². The van der Waals surface area contributed by atoms with Crippen LogP contribution in [0.2, 0.25) is 5.02 Å². The summed E-state index contributed by atoms with van der Waals surface area (Å²) in [6, 6.07) is 11.2. The molecule has 2 N–H and O–H groups in total. The highest BCUT2D eigenvalue weighted by Crippen LogP contribution is 2.36. The van der Waals surface area contributed by atoms with Gasteiger partial charge in [0.2, 0.25) is 0 Å². The topological polar surface area (TPSA) is 68.8 Å². The number of aryl methyl sites for hydroxylation is 1. The standard InChI is InChI=1S/C24H33ClN2O4/c1-4-5-12-30-13-6-11-26-16-19-14-21(25)24(22(15-19)29-3)31-17-23(28)27-20-9-7-18(2)8-10-20/h7-10,14-15,26H,4-6,11-13,16-17H2,1-3H3,(H,27,28). The van der Waals surface area contributed by atoms with Crippen LogP contribution in [0.3, 0.4) is 0 Å². The van der Waals surface area contributed by atoms with Crippen molar-refractivity contribution in [3.63, 3.8) is 0 Å². The van der Waals surface area contributed by atoms with Gasteiger partial charge in [0.25, 0.3) is 5.91 Å². The van der Waals surface area contributed by atoms with E-state index in [2.05, 4.69) is 17.6 Å². The molecule has 0 unspecified atom stereocenters. The summed E-state index contributed by atoms with van der Waals surface area (Å²) in [6.07, 6.45) is 3.21. The smallest absolute Gasteiger partial charge is 0.262 e. The zero-order valence-electron chi connectivity index (χ0n) is 18.6. The average molecular weight is 449 g/mol. The second kappa shape index (κ2) is 13.9. The molecule has 2 aromatic rings. The number of nitrogens with one attached hydrogen (secondary N) is 2. The molecule has 0 aliphatic carbocycles. The molecule has 0 atom stereocenters. The van der Waals surface area contributed by atoms with Gasteiger partial charge < -0.3 is 24.8 Å². The predicted octanol–water partition coefficient (Wildman–Crippen LogP) is 4.97. The lowest BCUT2D eigenvalue weighted by Crippen LogP contribution is -2.20. The fourth-order valence-electron chi connectivity index (χ4n) is 2.87. The summed E-state index contributed by atoms with van der Waals surface area (Å²) >= 11 is 6.40. The molecule has 0 spiro atoms. The van der Waals surface area contributed by atoms with Gasteiger partial charge in [0, 0.05) is 25.4 Å². The Morgan fingerprint density at radius 2 is 1.84 bits per heavy atom. The molecule has 2 rings (SSSR count). The Bertz CT molecular complexity index is 812. The highest BCUT2D eigenvalue weighted by atomic mass is 35.5. The van der Waals surface area contributed by atoms with Gasteiger partial charge in [0.05, 0.1) is 12.1 Å². The van der Waals surface area contributed by atoms with E-state index in [0.29, 0.717) is 23.1 Å². The van der Waals surface area contributed by atoms with Crippen LogP contribution >= 0.6 is 11.6 Å². The highest BCUT2D eigenvalue weighted by Gasteiger charge is 2.14. The lowest BCUT2D eigenvalue weighted by atomic mass is 10.2. The summed E-state index contributed by atoms with van der Waals surface area (Å²) in [7, 11) is 1.55. The van der Waals surface area contributed by atoms with Crippen molar-refractivity contribution in [3.8, 4) is 11.5 Å². The number of carbonyl (C=O) groups excluding carboxylic acids is 1. The Kier molecular flexibility index (Phi) is 11.2. The molecule has 2 aromatic carbocycles. The number of ether oxygens (including phenoxy) is 3. The summed E-state index contributed by atoms with van der Waals surface area (Å²) in [5.74, 6) is 0.584. The predicted molar refractivity (Wildman–Crippen MR) is 125 cm³/mol. The molecule has 170 valence electrons. The van der Waals surface area contributed by atoms with Crippen molar-refractivity contribution < 1.29 is 19.0 Å². The van der Waals surface area contributed by atoms with E-state index in [4.69, 9.17) is 25.8 Å². The van der Waals surface area contributed by atoms with E-state index in [9.17, 15) is 4.79 Å². The van der Waals surface area contributed by atoms with E-state index in [0.717, 1.165) is 55.8 Å². The Hall–Kier alpha value is -2.28. The second-order valence-electron chi connectivity index (χ2n) is 7.31. The van der Waals surface area contributed by atoms with E-state index in [1.165, 1.54) is 0 Å². The van der Waals surface area contributed by atoms with Gasteiger partial charge in [0.15, 0.2) is 18.1 Å². The summed E-state index contributed by atoms with van der Waals surface area (Å²) in [4.78, 5) is 12.2. The molecular formula is C24H33ClN2O4. The number of rotatable bonds is 14. The van der Waals surface area contributed by atoms with Crippen molar-refractivity contribution in [1.82, 2.24) is 5.32 Å². The molecule has 1 amide bonds. The van der Waals surface area contributed by atoms with Crippen molar-refractivity contribution >= 4 is 23.2 Å². The Morgan fingerprint density at radius 1 is 1.10 bits per heavy atom. The van der Waals surface area contributed by atoms with E-state index < -0.39 is 0 Å². The van der Waals surface area contributed by atoms with Crippen molar-refractivity contribution in [2.75, 3.05) is 38.8 Å². The first-order valence-electron chi connectivity index (χ1n) is 10.7. The van der Waals surface area contributed by atoms with Crippen molar-refractivity contribution in [3.05, 3.63) is 52.5 Å². The molecular weight excluding hydrogens is 416 g/mol. The first kappa shape index (κ1) is 25.0. The molecule has 31 heavy (non-hydrogen) atoms. The molecule has 0 fully saturated rings. The van der Waals surface area contributed by atoms with Crippen molar-refractivity contribution in [1.29, 1.82) is 0 Å². The zero-order chi connectivity index (χ0) is 22.5. The largest absolute Gasteiger partial charge is 0.493 e. The fraction of sp³-hybridized carbons (Fsp3) is 0.458. The maximum atomic E-state index is 12.2. The summed E-state index contributed by atoms with van der Waals surface area (Å²) < 4.78 is 16.6. The Labute approximate surface area is 190 Å². The minimum Gasteiger partial charge on any atom is -0.493 e. The molecule has 0 saturated carbocycles. The maximum absolute atomic E-state index is 12.2. The third kappa shape index (κ3) is 9.17. The van der Waals surface area contributed by atoms with Gasteiger partial charge >= 0.3 is 0 Å². The molecule has 0 aliphatic rings. The third-order valence-electron chi connectivity index (χ3n) is 4.59. The SMILES string of the molecule is CCCCOCCCNCc1cc(Cl)c(OCC(=O)Nc2ccc(C)cc2)c(OC)c1. The van der Waals surface area contributed by atoms with Gasteiger partial charge in [-0.1, -0.05) is 42.6 Å². The molecule has 0 saturated heterocycles. The average Bonchev–Trinajstić information content (AvgIpc) is 2.76. The van der Waals surface area contributed by atoms with Crippen LogP contribution in [0.5, 0.6) is 11.5 Å². The van der Waals surface area contributed by atoms with Crippen LogP contribution in [0.15, 0.2) is 36.4 Å². The van der Waals surface area contributed by atoms with E-state index in [1.807, 2.05) is 43.3 Å². The Balaban J connectivity index is 1.81. The fourth-order valence-corrected chi connectivity index (χ4v) is 3.16. The summed E-state index contributed by atoms with van der Waals surface area (Å²) in [5, 5.41) is 6.57. The van der Waals surface area contributed by atoms with Gasteiger partial charge in [-0.15, -0.1) is 0 Å². The molecule has 7 heteroatoms. The summed E-state index contributed by atoms with van der Waals surface area (Å²) in [5.41, 5.74) is 2.82. The molecule has 0 aromatic heterocycles. The lowest BCUT2D eigenvalue weighted by Gasteiger charge is -2.15. The number of anilines is 1. The number of amides is 1. The van der Waals surface area contributed by atoms with Crippen LogP contribution in [0, 0.1) is 6.92 Å². The number of unbranched alkanes of at least 4 members (excludes halogenated alkanes) is 1. The zero-order valence-corrected chi connectivity index (χ0v) is 19.4. The van der Waals surface area contributed by atoms with Gasteiger partial charge in [-0.2, -0.15) is 0 Å². The number of benzene rings is 2. The first-order chi connectivity index (χ1) is 15.0. The highest BCUT2D eigenvalue weighted by molar-refractivity contribution is 6.32. The van der Waals surface area contributed by atoms with Crippen LogP contribution in [-0.2, 0) is 16.1 Å². The van der Waals surface area contributed by atoms with Crippen LogP contribution in [-0.4, -0.2) is 39.4 Å². The third-order valence-corrected chi connectivity index (χ3v) is 4.87. The number of methoxy groups -OCH3 is 1. The summed E-state index contributed by atoms with van der Waals surface area (Å²) in [6.45, 7) is 7.07. The maximum Gasteiger partial charge on any atom is 0.262 e. The second-order valence-corrected chi connectivity index (χ2v) is 7.72. The lowest BCUT2D eigenvalue weighted by molar-refractivity contribution is -0.118. The van der Waals surface area contributed by atoms with Crippen LogP contribution in [0.1, 0.15) is 37.3 Å². The number of hydrogen-bond acceptors (Lipinski definition) is 5. The van der Waals surface area contributed by atoms with E-state index in [1.54, 1.807) is 7.11 Å². The van der Waals surface area contributed by atoms with Crippen LogP contribution < -0.4 is 20.1 Å². The molecule has 0 heterocycles. The quantitative estimate of drug-likeness (QED) is 0.399. The Morgan fingerprint density at radius 3 is 2.55 bits per heavy atom. The van der Waals surface area contributed by atoms with Crippen molar-refractivity contribution in [2.45, 2.75) is 39.7 Å². The van der Waals surface area contributed by atoms with Gasteiger partial charge in [-0.05, 0) is 56.1 Å². The van der Waals surface area contributed by atoms with E-state index in [-0.39, 0.29) is 12.5 Å². The van der Waals surface area contributed by atoms with E-state index >= 15 is 0 Å². The first-order valence-corrected chi connectivity index (χ1v) is 11.1. The number of hydrogen-bond donors (Lipinski definition) is 2. The monoisotopic (exact) mass is 448 g/mol. The van der Waals surface area contributed by atoms with Crippen molar-refractivity contribution in [2.24, 2.45) is 0 Å². The number of carbonyl (C=O) groups is 1. The van der Waals surface area contributed by atoms with Gasteiger partial charge in [-0.3, -0.25) is 4.79 Å². The van der Waals surface area contributed by atoms with Gasteiger partial charge in [-0.25, -0.2) is 0 Å². The van der Waals surface area contributed by atoms with Crippen LogP contribution in [0.4, 0.5) is 5.69 Å². The minimum absolute atomic E-state index is 0.167. The minimum atomic E-state index is -0.270. The molecule has 6 nitrogen and oxygen atoms in total. The number of halogens is 1. The normalized spacial score (nSPS) is 10.7.